The predicted octanol–water partition coefficient (Wildman–Crippen LogP) is 4.85. The highest BCUT2D eigenvalue weighted by Crippen LogP contribution is 2.61. The van der Waals surface area contributed by atoms with Gasteiger partial charge < -0.3 is 5.32 Å². The topological polar surface area (TPSA) is 100 Å². The SMILES string of the molecule is O=C(CCl)NNc1ccc2c(n1)NC(c1ccccc1)C(=O)C2.O=P(Cl)(Cl)Cl. The number of anilines is 2. The van der Waals surface area contributed by atoms with Crippen molar-refractivity contribution < 1.29 is 14.2 Å². The number of nitrogens with one attached hydrogen (secondary N) is 3. The molecule has 1 unspecified atom stereocenters. The lowest BCUT2D eigenvalue weighted by Gasteiger charge is -2.25. The molecule has 0 bridgehead atoms. The van der Waals surface area contributed by atoms with Gasteiger partial charge in [0.15, 0.2) is 5.78 Å². The van der Waals surface area contributed by atoms with Crippen molar-refractivity contribution in [2.24, 2.45) is 0 Å². The third-order valence-electron chi connectivity index (χ3n) is 3.53. The van der Waals surface area contributed by atoms with Crippen LogP contribution in [0.1, 0.15) is 17.2 Å². The minimum Gasteiger partial charge on any atom is -0.356 e. The van der Waals surface area contributed by atoms with E-state index in [2.05, 4.69) is 54.9 Å². The van der Waals surface area contributed by atoms with Gasteiger partial charge in [0.25, 0.3) is 5.91 Å². The minimum atomic E-state index is -3.22. The Hall–Kier alpha value is -1.50. The van der Waals surface area contributed by atoms with Crippen molar-refractivity contribution in [3.05, 3.63) is 53.6 Å². The number of halogens is 4. The number of aromatic nitrogens is 1. The summed E-state index contributed by atoms with van der Waals surface area (Å²) in [7, 11) is 0. The first kappa shape index (κ1) is 22.8. The predicted molar refractivity (Wildman–Crippen MR) is 113 cm³/mol. The first-order valence-corrected chi connectivity index (χ1v) is 12.8. The quantitative estimate of drug-likeness (QED) is 0.326. The van der Waals surface area contributed by atoms with Crippen LogP contribution in [0.15, 0.2) is 42.5 Å². The van der Waals surface area contributed by atoms with E-state index in [4.69, 9.17) is 11.6 Å². The number of hydrogen-bond donors (Lipinski definition) is 3. The second kappa shape index (κ2) is 10.3. The van der Waals surface area contributed by atoms with E-state index in [0.29, 0.717) is 18.1 Å². The third kappa shape index (κ3) is 7.49. The van der Waals surface area contributed by atoms with Gasteiger partial charge >= 0.3 is 5.20 Å². The van der Waals surface area contributed by atoms with Gasteiger partial charge in [0.05, 0.1) is 0 Å². The van der Waals surface area contributed by atoms with E-state index in [1.54, 1.807) is 6.07 Å². The van der Waals surface area contributed by atoms with Crippen LogP contribution in [0.25, 0.3) is 0 Å². The Morgan fingerprint density at radius 2 is 1.82 bits per heavy atom. The number of pyridine rings is 1. The van der Waals surface area contributed by atoms with Gasteiger partial charge in [-0.1, -0.05) is 36.4 Å². The van der Waals surface area contributed by atoms with Crippen molar-refractivity contribution in [2.75, 3.05) is 16.6 Å². The zero-order chi connectivity index (χ0) is 20.7. The van der Waals surface area contributed by atoms with E-state index >= 15 is 0 Å². The van der Waals surface area contributed by atoms with E-state index in [-0.39, 0.29) is 17.6 Å². The number of fused-ring (bicyclic) bond motifs is 1. The first-order chi connectivity index (χ1) is 13.2. The molecule has 1 amide bonds. The number of carbonyl (C=O) groups excluding carboxylic acids is 2. The molecule has 0 saturated carbocycles. The van der Waals surface area contributed by atoms with Crippen LogP contribution in [0.4, 0.5) is 11.6 Å². The van der Waals surface area contributed by atoms with E-state index in [1.165, 1.54) is 0 Å². The van der Waals surface area contributed by atoms with Gasteiger partial charge in [0, 0.05) is 12.0 Å². The summed E-state index contributed by atoms with van der Waals surface area (Å²) >= 11 is 19.3. The molecule has 1 aromatic carbocycles. The summed E-state index contributed by atoms with van der Waals surface area (Å²) < 4.78 is 9.51. The van der Waals surface area contributed by atoms with Crippen LogP contribution >= 0.6 is 50.5 Å². The Morgan fingerprint density at radius 3 is 2.43 bits per heavy atom. The van der Waals surface area contributed by atoms with E-state index in [0.717, 1.165) is 11.1 Å². The van der Waals surface area contributed by atoms with Gasteiger partial charge in [-0.3, -0.25) is 25.0 Å². The zero-order valence-electron chi connectivity index (χ0n) is 14.2. The van der Waals surface area contributed by atoms with E-state index in [9.17, 15) is 14.2 Å². The number of ketones is 1. The lowest BCUT2D eigenvalue weighted by atomic mass is 9.94. The molecule has 0 fully saturated rings. The average molecular weight is 484 g/mol. The van der Waals surface area contributed by atoms with Gasteiger partial charge in [0.2, 0.25) is 0 Å². The van der Waals surface area contributed by atoms with Gasteiger partial charge in [-0.25, -0.2) is 4.98 Å². The van der Waals surface area contributed by atoms with Gasteiger partial charge in [0.1, 0.15) is 23.6 Å². The maximum absolute atomic E-state index is 12.3. The van der Waals surface area contributed by atoms with E-state index < -0.39 is 11.2 Å². The van der Waals surface area contributed by atoms with Crippen LogP contribution in [0.5, 0.6) is 0 Å². The van der Waals surface area contributed by atoms with Crippen molar-refractivity contribution in [1.82, 2.24) is 10.4 Å². The minimum absolute atomic E-state index is 0.0988. The normalized spacial score (nSPS) is 15.4. The standard InChI is InChI=1S/C16H15ClN4O2.Cl3OP/c17-9-14(23)21-20-13-7-6-11-8-12(22)15(19-16(11)18-13)10-4-2-1-3-5-10;1-5(2,3)4/h1-7,15H,8-9H2,(H,21,23)(H2,18,19,20);. The molecule has 12 heteroatoms. The van der Waals surface area contributed by atoms with Crippen molar-refractivity contribution in [3.8, 4) is 0 Å². The number of carbonyl (C=O) groups is 2. The fourth-order valence-corrected chi connectivity index (χ4v) is 2.48. The zero-order valence-corrected chi connectivity index (χ0v) is 18.1. The van der Waals surface area contributed by atoms with Crippen LogP contribution in [-0.4, -0.2) is 22.6 Å². The number of rotatable bonds is 4. The average Bonchev–Trinajstić information content (AvgIpc) is 2.65. The smallest absolute Gasteiger partial charge is 0.339 e. The molecule has 1 atom stereocenters. The fourth-order valence-electron chi connectivity index (χ4n) is 2.41. The molecule has 3 rings (SSSR count). The van der Waals surface area contributed by atoms with Gasteiger partial charge in [-0.2, -0.15) is 0 Å². The Labute approximate surface area is 180 Å². The number of nitrogens with zero attached hydrogens (tertiary/aromatic N) is 1. The highest BCUT2D eigenvalue weighted by Gasteiger charge is 2.27. The number of hydrogen-bond acceptors (Lipinski definition) is 6. The summed E-state index contributed by atoms with van der Waals surface area (Å²) in [5.74, 6) is 0.707. The molecule has 1 aliphatic rings. The van der Waals surface area contributed by atoms with Crippen LogP contribution in [0.2, 0.25) is 0 Å². The summed E-state index contributed by atoms with van der Waals surface area (Å²) in [6.45, 7) is 0. The molecule has 28 heavy (non-hydrogen) atoms. The van der Waals surface area contributed by atoms with Gasteiger partial charge in [-0.05, 0) is 45.4 Å². The lowest BCUT2D eigenvalue weighted by molar-refractivity contribution is -0.119. The van der Waals surface area contributed by atoms with Gasteiger partial charge in [-0.15, -0.1) is 11.6 Å². The van der Waals surface area contributed by atoms with Crippen LogP contribution < -0.4 is 16.2 Å². The maximum Gasteiger partial charge on any atom is 0.339 e. The van der Waals surface area contributed by atoms with Crippen molar-refractivity contribution in [2.45, 2.75) is 12.5 Å². The molecule has 0 spiro atoms. The molecule has 1 aromatic heterocycles. The van der Waals surface area contributed by atoms with Crippen LogP contribution in [-0.2, 0) is 20.6 Å². The lowest BCUT2D eigenvalue weighted by Crippen LogP contribution is -2.32. The summed E-state index contributed by atoms with van der Waals surface area (Å²) in [6, 6.07) is 12.6. The highest BCUT2D eigenvalue weighted by molar-refractivity contribution is 8.24. The van der Waals surface area contributed by atoms with Crippen molar-refractivity contribution >= 4 is 73.8 Å². The largest absolute Gasteiger partial charge is 0.356 e. The molecular weight excluding hydrogens is 469 g/mol. The molecule has 2 heterocycles. The molecule has 2 aromatic rings. The maximum atomic E-state index is 12.3. The van der Waals surface area contributed by atoms with Crippen molar-refractivity contribution in [1.29, 1.82) is 0 Å². The van der Waals surface area contributed by atoms with Crippen molar-refractivity contribution in [3.63, 3.8) is 0 Å². The Morgan fingerprint density at radius 1 is 1.18 bits per heavy atom. The number of Topliss-reactive ketones (excluding diaryl/α,β-unsaturated/α-hetero) is 1. The highest BCUT2D eigenvalue weighted by atomic mass is 36.0. The number of benzene rings is 1. The fraction of sp³-hybridized carbons (Fsp3) is 0.188. The Bertz CT molecular complexity index is 886. The molecule has 0 aliphatic carbocycles. The first-order valence-electron chi connectivity index (χ1n) is 7.81. The van der Waals surface area contributed by atoms with E-state index in [1.807, 2.05) is 36.4 Å². The second-order valence-electron chi connectivity index (χ2n) is 5.54. The number of hydrazine groups is 1. The molecule has 1 aliphatic heterocycles. The monoisotopic (exact) mass is 482 g/mol. The van der Waals surface area contributed by atoms with Crippen LogP contribution in [0.3, 0.4) is 0 Å². The molecule has 0 radical (unpaired) electrons. The summed E-state index contributed by atoms with van der Waals surface area (Å²) in [5, 5.41) is -0.0566. The summed E-state index contributed by atoms with van der Waals surface area (Å²) in [5.41, 5.74) is 6.85. The van der Waals surface area contributed by atoms with Crippen LogP contribution in [0, 0.1) is 0 Å². The molecular formula is C16H15Cl4N4O3P. The number of amides is 1. The molecule has 3 N–H and O–H groups in total. The Balaban J connectivity index is 0.000000500. The third-order valence-corrected chi connectivity index (χ3v) is 3.77. The number of alkyl halides is 1. The molecule has 7 nitrogen and oxygen atoms in total. The summed E-state index contributed by atoms with van der Waals surface area (Å²) in [4.78, 5) is 27.9. The second-order valence-corrected chi connectivity index (χ2v) is 12.4. The summed E-state index contributed by atoms with van der Waals surface area (Å²) in [6.07, 6.45) is 0.323. The molecule has 150 valence electrons. The Kier molecular flexibility index (Phi) is 8.40. The molecule has 0 saturated heterocycles.